The fourth-order valence-corrected chi connectivity index (χ4v) is 3.11. The first-order chi connectivity index (χ1) is 9.31. The molecule has 6 heteroatoms. The van der Waals surface area contributed by atoms with E-state index in [0.717, 1.165) is 30.6 Å². The van der Waals surface area contributed by atoms with Crippen LogP contribution in [-0.2, 0) is 4.74 Å². The summed E-state index contributed by atoms with van der Waals surface area (Å²) >= 11 is 0. The molecular weight excluding hydrogens is 244 g/mol. The molecule has 102 valence electrons. The number of oxime groups is 1. The summed E-state index contributed by atoms with van der Waals surface area (Å²) in [6.07, 6.45) is 7.16. The highest BCUT2D eigenvalue weighted by Gasteiger charge is 2.37. The SMILES string of the molecule is N/C(=N/O)c1ccncc1N1CCOC2CCCC21. The van der Waals surface area contributed by atoms with Crippen LogP contribution in [0.5, 0.6) is 0 Å². The normalized spacial score (nSPS) is 27.4. The fourth-order valence-electron chi connectivity index (χ4n) is 3.11. The predicted octanol–water partition coefficient (Wildman–Crippen LogP) is 0.934. The molecule has 0 aromatic carbocycles. The minimum Gasteiger partial charge on any atom is -0.409 e. The summed E-state index contributed by atoms with van der Waals surface area (Å²) in [4.78, 5) is 6.47. The summed E-state index contributed by atoms with van der Waals surface area (Å²) in [5.41, 5.74) is 7.41. The van der Waals surface area contributed by atoms with Crippen LogP contribution in [-0.4, -0.2) is 41.3 Å². The molecule has 1 aromatic rings. The lowest BCUT2D eigenvalue weighted by Gasteiger charge is -2.39. The standard InChI is InChI=1S/C13H18N4O2/c14-13(16-18)9-4-5-15-8-11(9)17-6-7-19-12-3-1-2-10(12)17/h4-5,8,10,12,18H,1-3,6-7H2,(H2,14,16). The van der Waals surface area contributed by atoms with Gasteiger partial charge in [-0.3, -0.25) is 4.98 Å². The lowest BCUT2D eigenvalue weighted by atomic mass is 10.1. The molecule has 2 heterocycles. The number of aromatic nitrogens is 1. The van der Waals surface area contributed by atoms with Crippen molar-refractivity contribution in [3.05, 3.63) is 24.0 Å². The Bertz CT molecular complexity index is 491. The van der Waals surface area contributed by atoms with E-state index in [0.29, 0.717) is 18.8 Å². The van der Waals surface area contributed by atoms with Crippen LogP contribution in [0.3, 0.4) is 0 Å². The Morgan fingerprint density at radius 3 is 3.26 bits per heavy atom. The smallest absolute Gasteiger partial charge is 0.172 e. The Hall–Kier alpha value is -1.82. The van der Waals surface area contributed by atoms with E-state index in [-0.39, 0.29) is 5.84 Å². The average Bonchev–Trinajstić information content (AvgIpc) is 2.94. The summed E-state index contributed by atoms with van der Waals surface area (Å²) < 4.78 is 5.81. The van der Waals surface area contributed by atoms with Crippen molar-refractivity contribution in [2.45, 2.75) is 31.4 Å². The zero-order chi connectivity index (χ0) is 13.2. The van der Waals surface area contributed by atoms with E-state index >= 15 is 0 Å². The molecule has 0 radical (unpaired) electrons. The van der Waals surface area contributed by atoms with Crippen molar-refractivity contribution in [1.82, 2.24) is 4.98 Å². The second-order valence-electron chi connectivity index (χ2n) is 4.98. The van der Waals surface area contributed by atoms with Gasteiger partial charge in [0.1, 0.15) is 0 Å². The van der Waals surface area contributed by atoms with Gasteiger partial charge < -0.3 is 20.6 Å². The van der Waals surface area contributed by atoms with Crippen LogP contribution in [0.15, 0.2) is 23.6 Å². The van der Waals surface area contributed by atoms with Gasteiger partial charge in [-0.15, -0.1) is 0 Å². The van der Waals surface area contributed by atoms with Crippen LogP contribution in [0.2, 0.25) is 0 Å². The second kappa shape index (κ2) is 5.05. The Morgan fingerprint density at radius 1 is 1.53 bits per heavy atom. The molecule has 3 N–H and O–H groups in total. The minimum absolute atomic E-state index is 0.124. The molecule has 19 heavy (non-hydrogen) atoms. The minimum atomic E-state index is 0.124. The summed E-state index contributed by atoms with van der Waals surface area (Å²) in [7, 11) is 0. The molecule has 0 bridgehead atoms. The highest BCUT2D eigenvalue weighted by atomic mass is 16.5. The van der Waals surface area contributed by atoms with E-state index in [4.69, 9.17) is 15.7 Å². The lowest BCUT2D eigenvalue weighted by molar-refractivity contribution is 0.0256. The van der Waals surface area contributed by atoms with Gasteiger partial charge in [-0.25, -0.2) is 0 Å². The molecule has 1 saturated heterocycles. The topological polar surface area (TPSA) is 84.0 Å². The Labute approximate surface area is 111 Å². The van der Waals surface area contributed by atoms with Gasteiger partial charge in [0.05, 0.1) is 30.6 Å². The first kappa shape index (κ1) is 12.2. The van der Waals surface area contributed by atoms with Crippen molar-refractivity contribution >= 4 is 11.5 Å². The number of amidine groups is 1. The maximum Gasteiger partial charge on any atom is 0.172 e. The first-order valence-electron chi connectivity index (χ1n) is 6.61. The molecule has 1 aliphatic carbocycles. The molecule has 0 amide bonds. The number of nitrogens with two attached hydrogens (primary N) is 1. The van der Waals surface area contributed by atoms with E-state index in [1.165, 1.54) is 6.42 Å². The largest absolute Gasteiger partial charge is 0.409 e. The molecule has 2 fully saturated rings. The van der Waals surface area contributed by atoms with Crippen LogP contribution < -0.4 is 10.6 Å². The summed E-state index contributed by atoms with van der Waals surface area (Å²) in [5, 5.41) is 12.0. The third kappa shape index (κ3) is 2.12. The number of ether oxygens (including phenoxy) is 1. The fraction of sp³-hybridized carbons (Fsp3) is 0.538. The summed E-state index contributed by atoms with van der Waals surface area (Å²) in [6.45, 7) is 1.53. The Kier molecular flexibility index (Phi) is 3.25. The highest BCUT2D eigenvalue weighted by molar-refractivity contribution is 6.02. The maximum absolute atomic E-state index is 8.90. The van der Waals surface area contributed by atoms with Gasteiger partial charge >= 0.3 is 0 Å². The number of hydrogen-bond donors (Lipinski definition) is 2. The zero-order valence-corrected chi connectivity index (χ0v) is 10.7. The van der Waals surface area contributed by atoms with Gasteiger partial charge in [-0.05, 0) is 25.3 Å². The average molecular weight is 262 g/mol. The molecule has 1 saturated carbocycles. The van der Waals surface area contributed by atoms with Gasteiger partial charge in [-0.1, -0.05) is 5.16 Å². The molecular formula is C13H18N4O2. The summed E-state index contributed by atoms with van der Waals surface area (Å²) in [6, 6.07) is 2.16. The molecule has 6 nitrogen and oxygen atoms in total. The van der Waals surface area contributed by atoms with E-state index in [1.807, 2.05) is 0 Å². The van der Waals surface area contributed by atoms with Crippen molar-refractivity contribution in [1.29, 1.82) is 0 Å². The molecule has 3 rings (SSSR count). The molecule has 2 unspecified atom stereocenters. The van der Waals surface area contributed by atoms with E-state index < -0.39 is 0 Å². The molecule has 0 spiro atoms. The van der Waals surface area contributed by atoms with Gasteiger partial charge in [0, 0.05) is 18.3 Å². The van der Waals surface area contributed by atoms with Crippen LogP contribution >= 0.6 is 0 Å². The Morgan fingerprint density at radius 2 is 2.42 bits per heavy atom. The van der Waals surface area contributed by atoms with Crippen molar-refractivity contribution in [2.75, 3.05) is 18.1 Å². The number of morpholine rings is 1. The van der Waals surface area contributed by atoms with Gasteiger partial charge in [0.15, 0.2) is 5.84 Å². The van der Waals surface area contributed by atoms with Gasteiger partial charge in [0.2, 0.25) is 0 Å². The Balaban J connectivity index is 1.97. The second-order valence-corrected chi connectivity index (χ2v) is 4.98. The maximum atomic E-state index is 8.90. The molecule has 1 aliphatic heterocycles. The third-order valence-corrected chi connectivity index (χ3v) is 3.98. The number of pyridine rings is 1. The van der Waals surface area contributed by atoms with Crippen LogP contribution in [0, 0.1) is 0 Å². The van der Waals surface area contributed by atoms with E-state index in [2.05, 4.69) is 15.0 Å². The quantitative estimate of drug-likeness (QED) is 0.358. The van der Waals surface area contributed by atoms with Crippen LogP contribution in [0.1, 0.15) is 24.8 Å². The number of hydrogen-bond acceptors (Lipinski definition) is 5. The highest BCUT2D eigenvalue weighted by Crippen LogP contribution is 2.34. The number of anilines is 1. The van der Waals surface area contributed by atoms with Crippen molar-refractivity contribution in [3.8, 4) is 0 Å². The number of rotatable bonds is 2. The van der Waals surface area contributed by atoms with Crippen molar-refractivity contribution in [2.24, 2.45) is 10.9 Å². The first-order valence-corrected chi connectivity index (χ1v) is 6.61. The monoisotopic (exact) mass is 262 g/mol. The molecule has 1 aromatic heterocycles. The van der Waals surface area contributed by atoms with Crippen LogP contribution in [0.25, 0.3) is 0 Å². The number of nitrogens with zero attached hydrogens (tertiary/aromatic N) is 3. The van der Waals surface area contributed by atoms with Crippen molar-refractivity contribution in [3.63, 3.8) is 0 Å². The molecule has 2 aliphatic rings. The van der Waals surface area contributed by atoms with E-state index in [1.54, 1.807) is 18.5 Å². The summed E-state index contributed by atoms with van der Waals surface area (Å²) in [5.74, 6) is 0.124. The van der Waals surface area contributed by atoms with E-state index in [9.17, 15) is 0 Å². The molecule has 2 atom stereocenters. The lowest BCUT2D eigenvalue weighted by Crippen LogP contribution is -2.49. The predicted molar refractivity (Wildman–Crippen MR) is 71.5 cm³/mol. The van der Waals surface area contributed by atoms with Crippen molar-refractivity contribution < 1.29 is 9.94 Å². The zero-order valence-electron chi connectivity index (χ0n) is 10.7. The van der Waals surface area contributed by atoms with Gasteiger partial charge in [0.25, 0.3) is 0 Å². The third-order valence-electron chi connectivity index (χ3n) is 3.98. The van der Waals surface area contributed by atoms with Gasteiger partial charge in [-0.2, -0.15) is 0 Å². The number of fused-ring (bicyclic) bond motifs is 1. The van der Waals surface area contributed by atoms with Crippen LogP contribution in [0.4, 0.5) is 5.69 Å².